The summed E-state index contributed by atoms with van der Waals surface area (Å²) in [5, 5.41) is 0. The number of nitrogen functional groups attached to an aromatic ring is 1. The molecule has 0 spiro atoms. The van der Waals surface area contributed by atoms with Gasteiger partial charge in [0.2, 0.25) is 0 Å². The van der Waals surface area contributed by atoms with Crippen molar-refractivity contribution in [2.75, 3.05) is 5.73 Å². The lowest BCUT2D eigenvalue weighted by Crippen LogP contribution is -1.87. The van der Waals surface area contributed by atoms with E-state index in [0.717, 1.165) is 0 Å². The molecule has 1 aromatic rings. The molecule has 0 aliphatic heterocycles. The van der Waals surface area contributed by atoms with Crippen molar-refractivity contribution in [2.24, 2.45) is 0 Å². The summed E-state index contributed by atoms with van der Waals surface area (Å²) in [7, 11) is 0. The van der Waals surface area contributed by atoms with E-state index in [-0.39, 0.29) is 0 Å². The molecule has 0 saturated carbocycles. The minimum atomic E-state index is -2.39. The van der Waals surface area contributed by atoms with Gasteiger partial charge in [0.15, 0.2) is 0 Å². The maximum Gasteiger partial charge on any atom is 0.288 e. The fourth-order valence-electron chi connectivity index (χ4n) is 0.684. The summed E-state index contributed by atoms with van der Waals surface area (Å²) in [6.07, 6.45) is 0. The van der Waals surface area contributed by atoms with Crippen molar-refractivity contribution >= 4 is 33.4 Å². The average Bonchev–Trinajstić information content (AvgIpc) is 1.96. The normalized spacial score (nSPS) is 10.7. The molecule has 1 nitrogen and oxygen atoms in total. The SMILES string of the molecule is Nc1ccc(SC(F)F)cc1Br. The van der Waals surface area contributed by atoms with E-state index in [0.29, 0.717) is 26.8 Å². The summed E-state index contributed by atoms with van der Waals surface area (Å²) in [5.74, 6) is -2.39. The van der Waals surface area contributed by atoms with Crippen molar-refractivity contribution < 1.29 is 8.78 Å². The fraction of sp³-hybridized carbons (Fsp3) is 0.143. The minimum absolute atomic E-state index is 0.502. The maximum atomic E-state index is 11.9. The minimum Gasteiger partial charge on any atom is -0.398 e. The van der Waals surface area contributed by atoms with Crippen molar-refractivity contribution in [3.05, 3.63) is 22.7 Å². The predicted octanol–water partition coefficient (Wildman–Crippen LogP) is 3.35. The highest BCUT2D eigenvalue weighted by Gasteiger charge is 2.05. The number of alkyl halides is 2. The van der Waals surface area contributed by atoms with E-state index in [1.165, 1.54) is 0 Å². The molecule has 1 rings (SSSR count). The molecule has 66 valence electrons. The van der Waals surface area contributed by atoms with Crippen LogP contribution in [-0.4, -0.2) is 5.76 Å². The summed E-state index contributed by atoms with van der Waals surface area (Å²) < 4.78 is 24.4. The van der Waals surface area contributed by atoms with E-state index in [4.69, 9.17) is 5.73 Å². The Morgan fingerprint density at radius 1 is 1.42 bits per heavy atom. The first-order valence-corrected chi connectivity index (χ1v) is 4.76. The van der Waals surface area contributed by atoms with Gasteiger partial charge in [0, 0.05) is 15.1 Å². The quantitative estimate of drug-likeness (QED) is 0.647. The van der Waals surface area contributed by atoms with Crippen LogP contribution in [0.3, 0.4) is 0 Å². The molecular formula is C7H6BrF2NS. The molecule has 0 bridgehead atoms. The third-order valence-electron chi connectivity index (χ3n) is 1.20. The number of halogens is 3. The lowest BCUT2D eigenvalue weighted by molar-refractivity contribution is 0.252. The number of nitrogens with two attached hydrogens (primary N) is 1. The first-order chi connectivity index (χ1) is 5.59. The van der Waals surface area contributed by atoms with Gasteiger partial charge in [0.25, 0.3) is 5.76 Å². The zero-order valence-corrected chi connectivity index (χ0v) is 8.33. The molecule has 5 heteroatoms. The molecule has 12 heavy (non-hydrogen) atoms. The third-order valence-corrected chi connectivity index (χ3v) is 2.59. The second-order valence-corrected chi connectivity index (χ2v) is 3.98. The van der Waals surface area contributed by atoms with E-state index in [1.807, 2.05) is 0 Å². The summed E-state index contributed by atoms with van der Waals surface area (Å²) in [5.41, 5.74) is 6.03. The van der Waals surface area contributed by atoms with E-state index >= 15 is 0 Å². The standard InChI is InChI=1S/C7H6BrF2NS/c8-5-3-4(12-7(9)10)1-2-6(5)11/h1-3,7H,11H2. The van der Waals surface area contributed by atoms with Crippen LogP contribution in [0.5, 0.6) is 0 Å². The Kier molecular flexibility index (Phi) is 3.34. The van der Waals surface area contributed by atoms with Gasteiger partial charge in [-0.2, -0.15) is 8.78 Å². The Bertz CT molecular complexity index is 280. The smallest absolute Gasteiger partial charge is 0.288 e. The lowest BCUT2D eigenvalue weighted by Gasteiger charge is -2.02. The van der Waals surface area contributed by atoms with Crippen molar-refractivity contribution in [1.29, 1.82) is 0 Å². The van der Waals surface area contributed by atoms with Crippen LogP contribution >= 0.6 is 27.7 Å². The van der Waals surface area contributed by atoms with Gasteiger partial charge in [-0.15, -0.1) is 0 Å². The largest absolute Gasteiger partial charge is 0.398 e. The Balaban J connectivity index is 2.82. The van der Waals surface area contributed by atoms with Crippen LogP contribution < -0.4 is 5.73 Å². The van der Waals surface area contributed by atoms with Crippen molar-refractivity contribution in [3.8, 4) is 0 Å². The zero-order valence-electron chi connectivity index (χ0n) is 5.93. The van der Waals surface area contributed by atoms with Crippen LogP contribution in [0.15, 0.2) is 27.6 Å². The van der Waals surface area contributed by atoms with Gasteiger partial charge in [0.1, 0.15) is 0 Å². The molecule has 0 radical (unpaired) electrons. The summed E-state index contributed by atoms with van der Waals surface area (Å²) in [6.45, 7) is 0. The fourth-order valence-corrected chi connectivity index (χ4v) is 1.75. The first kappa shape index (κ1) is 9.80. The van der Waals surface area contributed by atoms with Gasteiger partial charge >= 0.3 is 0 Å². The molecule has 0 heterocycles. The van der Waals surface area contributed by atoms with Crippen molar-refractivity contribution in [1.82, 2.24) is 0 Å². The molecule has 1 aromatic carbocycles. The highest BCUT2D eigenvalue weighted by molar-refractivity contribution is 9.10. The van der Waals surface area contributed by atoms with E-state index < -0.39 is 5.76 Å². The Morgan fingerprint density at radius 3 is 2.58 bits per heavy atom. The Hall–Kier alpha value is -0.290. The van der Waals surface area contributed by atoms with E-state index in [1.54, 1.807) is 18.2 Å². The van der Waals surface area contributed by atoms with Crippen LogP contribution in [0.4, 0.5) is 14.5 Å². The molecule has 0 aromatic heterocycles. The van der Waals surface area contributed by atoms with Crippen LogP contribution in [0.1, 0.15) is 0 Å². The summed E-state index contributed by atoms with van der Waals surface area (Å²) >= 11 is 3.66. The number of thioether (sulfide) groups is 1. The second-order valence-electron chi connectivity index (χ2n) is 2.06. The van der Waals surface area contributed by atoms with Crippen LogP contribution in [0, 0.1) is 0 Å². The topological polar surface area (TPSA) is 26.0 Å². The van der Waals surface area contributed by atoms with Crippen molar-refractivity contribution in [2.45, 2.75) is 10.7 Å². The van der Waals surface area contributed by atoms with Gasteiger partial charge in [-0.05, 0) is 34.1 Å². The van der Waals surface area contributed by atoms with Gasteiger partial charge in [0.05, 0.1) is 0 Å². The molecule has 0 amide bonds. The van der Waals surface area contributed by atoms with Crippen molar-refractivity contribution in [3.63, 3.8) is 0 Å². The van der Waals surface area contributed by atoms with E-state index in [2.05, 4.69) is 15.9 Å². The molecular weight excluding hydrogens is 248 g/mol. The van der Waals surface area contributed by atoms with Crippen LogP contribution in [0.2, 0.25) is 0 Å². The predicted molar refractivity (Wildman–Crippen MR) is 50.4 cm³/mol. The average molecular weight is 254 g/mol. The third kappa shape index (κ3) is 2.64. The zero-order chi connectivity index (χ0) is 9.14. The first-order valence-electron chi connectivity index (χ1n) is 3.09. The molecule has 0 saturated heterocycles. The van der Waals surface area contributed by atoms with Gasteiger partial charge in [-0.1, -0.05) is 11.8 Å². The lowest BCUT2D eigenvalue weighted by atomic mass is 10.3. The number of benzene rings is 1. The number of hydrogen-bond donors (Lipinski definition) is 1. The second kappa shape index (κ2) is 4.09. The van der Waals surface area contributed by atoms with E-state index in [9.17, 15) is 8.78 Å². The molecule has 0 unspecified atom stereocenters. The number of anilines is 1. The highest BCUT2D eigenvalue weighted by Crippen LogP contribution is 2.30. The highest BCUT2D eigenvalue weighted by atomic mass is 79.9. The molecule has 2 N–H and O–H groups in total. The Morgan fingerprint density at radius 2 is 2.08 bits per heavy atom. The van der Waals surface area contributed by atoms with Gasteiger partial charge in [-0.3, -0.25) is 0 Å². The summed E-state index contributed by atoms with van der Waals surface area (Å²) in [4.78, 5) is 0.506. The van der Waals surface area contributed by atoms with Crippen LogP contribution in [-0.2, 0) is 0 Å². The molecule has 0 aliphatic rings. The van der Waals surface area contributed by atoms with Gasteiger partial charge in [-0.25, -0.2) is 0 Å². The number of rotatable bonds is 2. The molecule has 0 atom stereocenters. The Labute approximate surface area is 81.5 Å². The van der Waals surface area contributed by atoms with Gasteiger partial charge < -0.3 is 5.73 Å². The molecule has 0 aliphatic carbocycles. The summed E-state index contributed by atoms with van der Waals surface area (Å²) in [6, 6.07) is 4.73. The maximum absolute atomic E-state index is 11.9. The van der Waals surface area contributed by atoms with Crippen LogP contribution in [0.25, 0.3) is 0 Å². The molecule has 0 fully saturated rings. The monoisotopic (exact) mass is 253 g/mol. The number of hydrogen-bond acceptors (Lipinski definition) is 2.